The molecule has 3 aromatic heterocycles. The van der Waals surface area contributed by atoms with E-state index in [1.807, 2.05) is 12.1 Å². The molecule has 0 atom stereocenters. The Morgan fingerprint density at radius 3 is 2.95 bits per heavy atom. The van der Waals surface area contributed by atoms with Gasteiger partial charge in [-0.15, -0.1) is 11.3 Å². The molecule has 1 aliphatic rings. The van der Waals surface area contributed by atoms with E-state index in [-0.39, 0.29) is 0 Å². The van der Waals surface area contributed by atoms with Crippen LogP contribution >= 0.6 is 11.3 Å². The molecule has 0 bridgehead atoms. The third kappa shape index (κ3) is 1.83. The van der Waals surface area contributed by atoms with E-state index < -0.39 is 0 Å². The van der Waals surface area contributed by atoms with Crippen LogP contribution in [0.2, 0.25) is 0 Å². The van der Waals surface area contributed by atoms with Gasteiger partial charge in [0.2, 0.25) is 0 Å². The Morgan fingerprint density at radius 1 is 1.25 bits per heavy atom. The van der Waals surface area contributed by atoms with Gasteiger partial charge in [-0.2, -0.15) is 0 Å². The van der Waals surface area contributed by atoms with E-state index in [2.05, 4.69) is 34.3 Å². The maximum Gasteiger partial charge on any atom is 0.183 e. The molecule has 4 heteroatoms. The van der Waals surface area contributed by atoms with Gasteiger partial charge in [0.15, 0.2) is 5.76 Å². The molecule has 102 valence electrons. The Morgan fingerprint density at radius 2 is 2.15 bits per heavy atom. The summed E-state index contributed by atoms with van der Waals surface area (Å²) in [4.78, 5) is 1.15. The SMILES string of the molecule is Cn1c(-c2cc(-c3cccs3)no2)cc2c1CCCC2. The second-order valence-electron chi connectivity index (χ2n) is 5.32. The van der Waals surface area contributed by atoms with Crippen molar-refractivity contribution in [3.63, 3.8) is 0 Å². The first-order valence-corrected chi connectivity index (χ1v) is 7.89. The highest BCUT2D eigenvalue weighted by Gasteiger charge is 2.19. The van der Waals surface area contributed by atoms with Crippen molar-refractivity contribution in [2.24, 2.45) is 7.05 Å². The van der Waals surface area contributed by atoms with Crippen LogP contribution in [0.4, 0.5) is 0 Å². The molecule has 3 heterocycles. The third-order valence-electron chi connectivity index (χ3n) is 4.09. The Hall–Kier alpha value is -1.81. The smallest absolute Gasteiger partial charge is 0.183 e. The predicted molar refractivity (Wildman–Crippen MR) is 80.9 cm³/mol. The van der Waals surface area contributed by atoms with Crippen molar-refractivity contribution < 1.29 is 4.52 Å². The molecule has 0 fully saturated rings. The zero-order valence-corrected chi connectivity index (χ0v) is 12.2. The fraction of sp³-hybridized carbons (Fsp3) is 0.312. The standard InChI is InChI=1S/C16H16N2OS/c1-18-13-6-3-2-5-11(13)9-14(18)15-10-12(17-19-15)16-7-4-8-20-16/h4,7-10H,2-3,5-6H2,1H3. The van der Waals surface area contributed by atoms with Gasteiger partial charge in [0.25, 0.3) is 0 Å². The van der Waals surface area contributed by atoms with Crippen LogP contribution in [0.15, 0.2) is 34.2 Å². The second kappa shape index (κ2) is 4.63. The van der Waals surface area contributed by atoms with Gasteiger partial charge in [-0.1, -0.05) is 11.2 Å². The second-order valence-corrected chi connectivity index (χ2v) is 6.27. The van der Waals surface area contributed by atoms with E-state index in [0.717, 1.165) is 22.0 Å². The molecule has 3 aromatic rings. The molecular formula is C16H16N2OS. The van der Waals surface area contributed by atoms with E-state index in [0.29, 0.717) is 0 Å². The molecule has 0 saturated heterocycles. The number of hydrogen-bond acceptors (Lipinski definition) is 3. The zero-order valence-electron chi connectivity index (χ0n) is 11.4. The zero-order chi connectivity index (χ0) is 13.5. The summed E-state index contributed by atoms with van der Waals surface area (Å²) in [6.45, 7) is 0. The van der Waals surface area contributed by atoms with Crippen LogP contribution in [0.1, 0.15) is 24.1 Å². The summed E-state index contributed by atoms with van der Waals surface area (Å²) in [6, 6.07) is 8.43. The molecule has 0 amide bonds. The van der Waals surface area contributed by atoms with E-state index >= 15 is 0 Å². The average molecular weight is 284 g/mol. The van der Waals surface area contributed by atoms with Gasteiger partial charge in [-0.25, -0.2) is 0 Å². The van der Waals surface area contributed by atoms with Gasteiger partial charge in [-0.05, 0) is 48.8 Å². The number of aryl methyl sites for hydroxylation is 1. The molecule has 0 spiro atoms. The van der Waals surface area contributed by atoms with Gasteiger partial charge >= 0.3 is 0 Å². The van der Waals surface area contributed by atoms with Crippen LogP contribution in [0.5, 0.6) is 0 Å². The molecule has 0 aliphatic heterocycles. The lowest BCUT2D eigenvalue weighted by Gasteiger charge is -2.12. The normalized spacial score (nSPS) is 14.4. The molecule has 20 heavy (non-hydrogen) atoms. The number of rotatable bonds is 2. The lowest BCUT2D eigenvalue weighted by Crippen LogP contribution is -2.05. The number of aromatic nitrogens is 2. The van der Waals surface area contributed by atoms with Crippen LogP contribution in [0.25, 0.3) is 22.0 Å². The van der Waals surface area contributed by atoms with Crippen molar-refractivity contribution in [1.82, 2.24) is 9.72 Å². The minimum absolute atomic E-state index is 0.866. The fourth-order valence-corrected chi connectivity index (χ4v) is 3.71. The Bertz CT molecular complexity index is 737. The number of hydrogen-bond donors (Lipinski definition) is 0. The first kappa shape index (κ1) is 12.0. The van der Waals surface area contributed by atoms with Crippen molar-refractivity contribution in [2.45, 2.75) is 25.7 Å². The number of nitrogens with zero attached hydrogens (tertiary/aromatic N) is 2. The molecule has 4 rings (SSSR count). The summed E-state index contributed by atoms with van der Waals surface area (Å²) in [5, 5.41) is 6.26. The first-order chi connectivity index (χ1) is 9.83. The quantitative estimate of drug-likeness (QED) is 0.703. The minimum Gasteiger partial charge on any atom is -0.354 e. The highest BCUT2D eigenvalue weighted by molar-refractivity contribution is 7.13. The molecule has 0 radical (unpaired) electrons. The van der Waals surface area contributed by atoms with Gasteiger partial charge in [0, 0.05) is 18.8 Å². The Balaban J connectivity index is 1.76. The largest absolute Gasteiger partial charge is 0.354 e. The summed E-state index contributed by atoms with van der Waals surface area (Å²) >= 11 is 1.69. The molecule has 0 saturated carbocycles. The molecule has 0 N–H and O–H groups in total. The van der Waals surface area contributed by atoms with Gasteiger partial charge in [0.1, 0.15) is 5.69 Å². The molecule has 0 unspecified atom stereocenters. The minimum atomic E-state index is 0.866. The van der Waals surface area contributed by atoms with Crippen molar-refractivity contribution >= 4 is 11.3 Å². The average Bonchev–Trinajstić information content (AvgIpc) is 3.17. The summed E-state index contributed by atoms with van der Waals surface area (Å²) in [5.41, 5.74) is 5.00. The maximum absolute atomic E-state index is 5.57. The van der Waals surface area contributed by atoms with Gasteiger partial charge < -0.3 is 9.09 Å². The van der Waals surface area contributed by atoms with E-state index in [1.54, 1.807) is 11.3 Å². The van der Waals surface area contributed by atoms with Crippen molar-refractivity contribution in [1.29, 1.82) is 0 Å². The van der Waals surface area contributed by atoms with Crippen LogP contribution in [0, 0.1) is 0 Å². The van der Waals surface area contributed by atoms with E-state index in [4.69, 9.17) is 4.52 Å². The predicted octanol–water partition coefficient (Wildman–Crippen LogP) is 4.29. The monoisotopic (exact) mass is 284 g/mol. The first-order valence-electron chi connectivity index (χ1n) is 7.01. The fourth-order valence-electron chi connectivity index (χ4n) is 3.03. The van der Waals surface area contributed by atoms with Gasteiger partial charge in [-0.3, -0.25) is 0 Å². The highest BCUT2D eigenvalue weighted by atomic mass is 32.1. The van der Waals surface area contributed by atoms with Crippen molar-refractivity contribution in [3.8, 4) is 22.0 Å². The van der Waals surface area contributed by atoms with Gasteiger partial charge in [0.05, 0.1) is 10.6 Å². The van der Waals surface area contributed by atoms with Crippen LogP contribution in [0.3, 0.4) is 0 Å². The van der Waals surface area contributed by atoms with Crippen LogP contribution in [-0.4, -0.2) is 9.72 Å². The summed E-state index contributed by atoms with van der Waals surface area (Å²) < 4.78 is 7.84. The third-order valence-corrected chi connectivity index (χ3v) is 4.99. The van der Waals surface area contributed by atoms with E-state index in [1.165, 1.54) is 36.9 Å². The summed E-state index contributed by atoms with van der Waals surface area (Å²) in [7, 11) is 2.13. The molecular weight excluding hydrogens is 268 g/mol. The number of thiophene rings is 1. The lowest BCUT2D eigenvalue weighted by molar-refractivity contribution is 0.432. The van der Waals surface area contributed by atoms with Crippen molar-refractivity contribution in [3.05, 3.63) is 40.9 Å². The molecule has 1 aliphatic carbocycles. The Kier molecular flexibility index (Phi) is 2.77. The van der Waals surface area contributed by atoms with Crippen LogP contribution < -0.4 is 0 Å². The maximum atomic E-state index is 5.57. The molecule has 3 nitrogen and oxygen atoms in total. The summed E-state index contributed by atoms with van der Waals surface area (Å²) in [6.07, 6.45) is 4.96. The highest BCUT2D eigenvalue weighted by Crippen LogP contribution is 2.33. The topological polar surface area (TPSA) is 31.0 Å². The molecule has 0 aromatic carbocycles. The Labute approximate surface area is 121 Å². The van der Waals surface area contributed by atoms with Crippen molar-refractivity contribution in [2.75, 3.05) is 0 Å². The van der Waals surface area contributed by atoms with Crippen LogP contribution in [-0.2, 0) is 19.9 Å². The number of fused-ring (bicyclic) bond motifs is 1. The van der Waals surface area contributed by atoms with E-state index in [9.17, 15) is 0 Å². The summed E-state index contributed by atoms with van der Waals surface area (Å²) in [5.74, 6) is 0.866. The lowest BCUT2D eigenvalue weighted by atomic mass is 9.98.